The fourth-order valence-corrected chi connectivity index (χ4v) is 1.21. The number of aromatic amines is 1. The molecule has 4 nitrogen and oxygen atoms in total. The number of aromatic nitrogens is 2. The van der Waals surface area contributed by atoms with Gasteiger partial charge in [-0.3, -0.25) is 5.10 Å². The lowest BCUT2D eigenvalue weighted by atomic mass is 10.1. The molecule has 1 aromatic heterocycles. The van der Waals surface area contributed by atoms with Crippen LogP contribution in [0.3, 0.4) is 0 Å². The first-order valence-corrected chi connectivity index (χ1v) is 4.98. The number of aliphatic hydroxyl groups is 1. The molecule has 0 aliphatic rings. The third-order valence-electron chi connectivity index (χ3n) is 1.98. The summed E-state index contributed by atoms with van der Waals surface area (Å²) in [5, 5.41) is 16.1. The van der Waals surface area contributed by atoms with Crippen LogP contribution in [0, 0.1) is 0 Å². The van der Waals surface area contributed by atoms with Gasteiger partial charge in [-0.25, -0.2) is 0 Å². The molecule has 1 rings (SSSR count). The van der Waals surface area contributed by atoms with E-state index in [4.69, 9.17) is 4.74 Å². The molecule has 0 radical (unpaired) electrons. The summed E-state index contributed by atoms with van der Waals surface area (Å²) in [7, 11) is 0. The van der Waals surface area contributed by atoms with Crippen molar-refractivity contribution in [2.75, 3.05) is 6.61 Å². The predicted octanol–water partition coefficient (Wildman–Crippen LogP) is 1.65. The first kappa shape index (κ1) is 11.2. The van der Waals surface area contributed by atoms with E-state index in [-0.39, 0.29) is 6.10 Å². The standard InChI is InChI=1S/C10H18N2O2/c1-8(2)14-5-3-4-10(13)9-6-11-12-7-9/h6-8,10,13H,3-5H2,1-2H3,(H,11,12). The number of H-pyrrole nitrogens is 1. The number of hydrogen-bond donors (Lipinski definition) is 2. The molecule has 1 unspecified atom stereocenters. The quantitative estimate of drug-likeness (QED) is 0.683. The third kappa shape index (κ3) is 3.89. The first-order chi connectivity index (χ1) is 6.70. The van der Waals surface area contributed by atoms with E-state index in [1.165, 1.54) is 0 Å². The van der Waals surface area contributed by atoms with Crippen molar-refractivity contribution in [1.82, 2.24) is 10.2 Å². The van der Waals surface area contributed by atoms with Crippen LogP contribution in [-0.2, 0) is 4.74 Å². The van der Waals surface area contributed by atoms with Crippen LogP contribution in [0.1, 0.15) is 38.4 Å². The molecule has 2 N–H and O–H groups in total. The number of aliphatic hydroxyl groups excluding tert-OH is 1. The van der Waals surface area contributed by atoms with Gasteiger partial charge < -0.3 is 9.84 Å². The molecular formula is C10H18N2O2. The lowest BCUT2D eigenvalue weighted by Crippen LogP contribution is -2.05. The van der Waals surface area contributed by atoms with Gasteiger partial charge in [-0.15, -0.1) is 0 Å². The summed E-state index contributed by atoms with van der Waals surface area (Å²) in [5.41, 5.74) is 0.842. The second-order valence-corrected chi connectivity index (χ2v) is 3.61. The Hall–Kier alpha value is -0.870. The van der Waals surface area contributed by atoms with E-state index in [2.05, 4.69) is 10.2 Å². The predicted molar refractivity (Wildman–Crippen MR) is 53.9 cm³/mol. The Morgan fingerprint density at radius 1 is 1.57 bits per heavy atom. The van der Waals surface area contributed by atoms with Crippen molar-refractivity contribution in [3.05, 3.63) is 18.0 Å². The van der Waals surface area contributed by atoms with Gasteiger partial charge in [0.15, 0.2) is 0 Å². The average Bonchev–Trinajstić information content (AvgIpc) is 2.64. The van der Waals surface area contributed by atoms with E-state index in [1.54, 1.807) is 12.4 Å². The maximum atomic E-state index is 9.66. The fraction of sp³-hybridized carbons (Fsp3) is 0.700. The molecule has 0 saturated heterocycles. The second-order valence-electron chi connectivity index (χ2n) is 3.61. The summed E-state index contributed by atoms with van der Waals surface area (Å²) >= 11 is 0. The molecule has 1 heterocycles. The summed E-state index contributed by atoms with van der Waals surface area (Å²) in [6.45, 7) is 4.71. The molecule has 1 atom stereocenters. The molecule has 0 spiro atoms. The smallest absolute Gasteiger partial charge is 0.0821 e. The first-order valence-electron chi connectivity index (χ1n) is 4.98. The van der Waals surface area contributed by atoms with Crippen molar-refractivity contribution in [3.8, 4) is 0 Å². The maximum Gasteiger partial charge on any atom is 0.0821 e. The van der Waals surface area contributed by atoms with E-state index in [0.717, 1.165) is 12.0 Å². The van der Waals surface area contributed by atoms with Crippen LogP contribution in [-0.4, -0.2) is 28.0 Å². The summed E-state index contributed by atoms with van der Waals surface area (Å²) in [6, 6.07) is 0. The maximum absolute atomic E-state index is 9.66. The van der Waals surface area contributed by atoms with Crippen LogP contribution >= 0.6 is 0 Å². The normalized spacial score (nSPS) is 13.4. The summed E-state index contributed by atoms with van der Waals surface area (Å²) in [6.07, 6.45) is 4.78. The molecule has 14 heavy (non-hydrogen) atoms. The van der Waals surface area contributed by atoms with Crippen molar-refractivity contribution in [2.24, 2.45) is 0 Å². The highest BCUT2D eigenvalue weighted by Gasteiger charge is 2.07. The highest BCUT2D eigenvalue weighted by molar-refractivity contribution is 5.06. The minimum atomic E-state index is -0.426. The Labute approximate surface area is 84.3 Å². The molecule has 0 bridgehead atoms. The Balaban J connectivity index is 2.13. The van der Waals surface area contributed by atoms with Crippen LogP contribution in [0.4, 0.5) is 0 Å². The molecule has 0 saturated carbocycles. The Bertz CT molecular complexity index is 234. The molecule has 0 aliphatic heterocycles. The monoisotopic (exact) mass is 198 g/mol. The second kappa shape index (κ2) is 5.78. The molecule has 80 valence electrons. The van der Waals surface area contributed by atoms with E-state index in [0.29, 0.717) is 13.0 Å². The summed E-state index contributed by atoms with van der Waals surface area (Å²) in [5.74, 6) is 0. The number of nitrogens with zero attached hydrogens (tertiary/aromatic N) is 1. The largest absolute Gasteiger partial charge is 0.388 e. The molecule has 0 amide bonds. The Morgan fingerprint density at radius 3 is 2.93 bits per heavy atom. The molecule has 0 aromatic carbocycles. The number of nitrogens with one attached hydrogen (secondary N) is 1. The number of ether oxygens (including phenoxy) is 1. The highest BCUT2D eigenvalue weighted by atomic mass is 16.5. The van der Waals surface area contributed by atoms with Gasteiger partial charge in [0.05, 0.1) is 18.4 Å². The van der Waals surface area contributed by atoms with Gasteiger partial charge in [0.25, 0.3) is 0 Å². The summed E-state index contributed by atoms with van der Waals surface area (Å²) in [4.78, 5) is 0. The van der Waals surface area contributed by atoms with Gasteiger partial charge in [-0.2, -0.15) is 5.10 Å². The molecule has 0 aliphatic carbocycles. The lowest BCUT2D eigenvalue weighted by molar-refractivity contribution is 0.0651. The summed E-state index contributed by atoms with van der Waals surface area (Å²) < 4.78 is 5.38. The number of hydrogen-bond acceptors (Lipinski definition) is 3. The lowest BCUT2D eigenvalue weighted by Gasteiger charge is -2.10. The zero-order chi connectivity index (χ0) is 10.4. The minimum Gasteiger partial charge on any atom is -0.388 e. The molecule has 1 aromatic rings. The highest BCUT2D eigenvalue weighted by Crippen LogP contribution is 2.16. The Morgan fingerprint density at radius 2 is 2.36 bits per heavy atom. The molecule has 0 fully saturated rings. The molecular weight excluding hydrogens is 180 g/mol. The van der Waals surface area contributed by atoms with Crippen LogP contribution < -0.4 is 0 Å². The van der Waals surface area contributed by atoms with Gasteiger partial charge in [0.1, 0.15) is 0 Å². The van der Waals surface area contributed by atoms with E-state index in [1.807, 2.05) is 13.8 Å². The van der Waals surface area contributed by atoms with E-state index < -0.39 is 6.10 Å². The van der Waals surface area contributed by atoms with Crippen LogP contribution in [0.5, 0.6) is 0 Å². The fourth-order valence-electron chi connectivity index (χ4n) is 1.21. The topological polar surface area (TPSA) is 58.1 Å². The van der Waals surface area contributed by atoms with E-state index in [9.17, 15) is 5.11 Å². The van der Waals surface area contributed by atoms with E-state index >= 15 is 0 Å². The molecule has 4 heteroatoms. The third-order valence-corrected chi connectivity index (χ3v) is 1.98. The van der Waals surface area contributed by atoms with Gasteiger partial charge in [0, 0.05) is 18.4 Å². The van der Waals surface area contributed by atoms with Crippen molar-refractivity contribution >= 4 is 0 Å². The SMILES string of the molecule is CC(C)OCCCC(O)c1cn[nH]c1. The van der Waals surface area contributed by atoms with Crippen molar-refractivity contribution in [2.45, 2.75) is 38.9 Å². The van der Waals surface area contributed by atoms with Gasteiger partial charge in [-0.05, 0) is 26.7 Å². The van der Waals surface area contributed by atoms with Crippen molar-refractivity contribution < 1.29 is 9.84 Å². The number of rotatable bonds is 6. The van der Waals surface area contributed by atoms with Crippen LogP contribution in [0.15, 0.2) is 12.4 Å². The van der Waals surface area contributed by atoms with Crippen molar-refractivity contribution in [3.63, 3.8) is 0 Å². The van der Waals surface area contributed by atoms with Gasteiger partial charge in [-0.1, -0.05) is 0 Å². The zero-order valence-corrected chi connectivity index (χ0v) is 8.73. The van der Waals surface area contributed by atoms with Gasteiger partial charge >= 0.3 is 0 Å². The van der Waals surface area contributed by atoms with Crippen LogP contribution in [0.25, 0.3) is 0 Å². The average molecular weight is 198 g/mol. The van der Waals surface area contributed by atoms with Crippen molar-refractivity contribution in [1.29, 1.82) is 0 Å². The Kier molecular flexibility index (Phi) is 4.62. The van der Waals surface area contributed by atoms with Crippen LogP contribution in [0.2, 0.25) is 0 Å². The minimum absolute atomic E-state index is 0.265. The van der Waals surface area contributed by atoms with Gasteiger partial charge in [0.2, 0.25) is 0 Å². The zero-order valence-electron chi connectivity index (χ0n) is 8.73.